The van der Waals surface area contributed by atoms with Crippen LogP contribution in [0.3, 0.4) is 0 Å². The predicted molar refractivity (Wildman–Crippen MR) is 72.1 cm³/mol. The van der Waals surface area contributed by atoms with Crippen LogP contribution >= 0.6 is 22.3 Å². The minimum atomic E-state index is -3.49. The van der Waals surface area contributed by atoms with Crippen LogP contribution < -0.4 is 4.74 Å². The molecule has 0 atom stereocenters. The average Bonchev–Trinajstić information content (AvgIpc) is 2.26. The molecule has 0 aliphatic carbocycles. The molecular weight excluding hydrogens is 299 g/mol. The van der Waals surface area contributed by atoms with Gasteiger partial charge in [-0.1, -0.05) is 17.7 Å². The zero-order chi connectivity index (χ0) is 13.6. The number of ether oxygens (including phenoxy) is 2. The van der Waals surface area contributed by atoms with Gasteiger partial charge >= 0.3 is 0 Å². The molecule has 0 heterocycles. The highest BCUT2D eigenvalue weighted by atomic mass is 35.7. The lowest BCUT2D eigenvalue weighted by molar-refractivity contribution is 0.111. The quantitative estimate of drug-likeness (QED) is 0.573. The molecule has 102 valence electrons. The van der Waals surface area contributed by atoms with Gasteiger partial charge in [0.2, 0.25) is 9.05 Å². The van der Waals surface area contributed by atoms with Crippen molar-refractivity contribution in [2.24, 2.45) is 0 Å². The second-order valence-corrected chi connectivity index (χ2v) is 6.95. The van der Waals surface area contributed by atoms with Gasteiger partial charge in [-0.05, 0) is 24.6 Å². The summed E-state index contributed by atoms with van der Waals surface area (Å²) >= 11 is 5.84. The third kappa shape index (κ3) is 6.44. The van der Waals surface area contributed by atoms with Crippen LogP contribution in [0.2, 0.25) is 5.02 Å². The van der Waals surface area contributed by atoms with E-state index in [0.29, 0.717) is 24.0 Å². The largest absolute Gasteiger partial charge is 0.491 e. The molecule has 0 amide bonds. The van der Waals surface area contributed by atoms with Gasteiger partial charge in [-0.3, -0.25) is 0 Å². The topological polar surface area (TPSA) is 52.6 Å². The second kappa shape index (κ2) is 7.19. The van der Waals surface area contributed by atoms with Gasteiger partial charge in [0.05, 0.1) is 19.0 Å². The van der Waals surface area contributed by atoms with E-state index >= 15 is 0 Å². The van der Waals surface area contributed by atoms with Gasteiger partial charge in [-0.15, -0.1) is 0 Å². The summed E-state index contributed by atoms with van der Waals surface area (Å²) in [6.45, 7) is 2.58. The molecule has 4 nitrogen and oxygen atoms in total. The fourth-order valence-electron chi connectivity index (χ4n) is 1.20. The van der Waals surface area contributed by atoms with Crippen LogP contribution in [0, 0.1) is 6.92 Å². The number of hydrogen-bond donors (Lipinski definition) is 0. The van der Waals surface area contributed by atoms with Crippen molar-refractivity contribution in [3.05, 3.63) is 28.8 Å². The molecule has 7 heteroatoms. The molecule has 0 saturated heterocycles. The minimum absolute atomic E-state index is 0.0592. The van der Waals surface area contributed by atoms with Crippen molar-refractivity contribution < 1.29 is 17.9 Å². The Hall–Kier alpha value is -0.490. The van der Waals surface area contributed by atoms with Crippen molar-refractivity contribution in [3.63, 3.8) is 0 Å². The lowest BCUT2D eigenvalue weighted by atomic mass is 10.2. The van der Waals surface area contributed by atoms with E-state index in [4.69, 9.17) is 31.8 Å². The molecule has 1 aromatic rings. The molecule has 0 spiro atoms. The van der Waals surface area contributed by atoms with Crippen LogP contribution in [0.15, 0.2) is 18.2 Å². The fraction of sp³-hybridized carbons (Fsp3) is 0.455. The van der Waals surface area contributed by atoms with E-state index in [1.165, 1.54) is 0 Å². The highest BCUT2D eigenvalue weighted by molar-refractivity contribution is 8.13. The van der Waals surface area contributed by atoms with E-state index in [-0.39, 0.29) is 12.4 Å². The van der Waals surface area contributed by atoms with Crippen molar-refractivity contribution in [2.75, 3.05) is 25.6 Å². The highest BCUT2D eigenvalue weighted by Gasteiger charge is 2.04. The van der Waals surface area contributed by atoms with Crippen molar-refractivity contribution in [1.82, 2.24) is 0 Å². The molecule has 0 bridgehead atoms. The molecule has 0 fully saturated rings. The Bertz CT molecular complexity index is 488. The van der Waals surface area contributed by atoms with E-state index < -0.39 is 9.05 Å². The van der Waals surface area contributed by atoms with Crippen LogP contribution in [-0.4, -0.2) is 34.0 Å². The molecular formula is C11H14Cl2O4S. The third-order valence-corrected chi connectivity index (χ3v) is 3.46. The van der Waals surface area contributed by atoms with E-state index in [2.05, 4.69) is 0 Å². The summed E-state index contributed by atoms with van der Waals surface area (Å²) in [5, 5.41) is 0.602. The number of aryl methyl sites for hydroxylation is 1. The van der Waals surface area contributed by atoms with Gasteiger partial charge in [0, 0.05) is 15.7 Å². The first-order valence-electron chi connectivity index (χ1n) is 5.27. The van der Waals surface area contributed by atoms with Gasteiger partial charge in [-0.25, -0.2) is 8.42 Å². The summed E-state index contributed by atoms with van der Waals surface area (Å²) in [4.78, 5) is 0. The van der Waals surface area contributed by atoms with Crippen LogP contribution in [0.1, 0.15) is 5.56 Å². The fourth-order valence-corrected chi connectivity index (χ4v) is 1.87. The minimum Gasteiger partial charge on any atom is -0.491 e. The Morgan fingerprint density at radius 3 is 2.61 bits per heavy atom. The Morgan fingerprint density at radius 2 is 1.94 bits per heavy atom. The molecule has 18 heavy (non-hydrogen) atoms. The predicted octanol–water partition coefficient (Wildman–Crippen LogP) is 2.61. The highest BCUT2D eigenvalue weighted by Crippen LogP contribution is 2.22. The average molecular weight is 313 g/mol. The molecule has 0 radical (unpaired) electrons. The van der Waals surface area contributed by atoms with E-state index in [0.717, 1.165) is 5.56 Å². The van der Waals surface area contributed by atoms with Crippen molar-refractivity contribution in [2.45, 2.75) is 6.92 Å². The number of halogens is 2. The summed E-state index contributed by atoms with van der Waals surface area (Å²) in [5.41, 5.74) is 0.975. The number of rotatable bonds is 7. The molecule has 1 aromatic carbocycles. The van der Waals surface area contributed by atoms with Gasteiger partial charge in [0.15, 0.2) is 0 Å². The maximum atomic E-state index is 10.6. The smallest absolute Gasteiger partial charge is 0.234 e. The van der Waals surface area contributed by atoms with Gasteiger partial charge < -0.3 is 9.47 Å². The van der Waals surface area contributed by atoms with Gasteiger partial charge in [0.1, 0.15) is 12.4 Å². The first kappa shape index (κ1) is 15.6. The Kier molecular flexibility index (Phi) is 6.21. The maximum absolute atomic E-state index is 10.6. The third-order valence-electron chi connectivity index (χ3n) is 2.11. The zero-order valence-corrected chi connectivity index (χ0v) is 12.2. The second-order valence-electron chi connectivity index (χ2n) is 3.61. The first-order valence-corrected chi connectivity index (χ1v) is 8.13. The number of hydrogen-bond acceptors (Lipinski definition) is 4. The lowest BCUT2D eigenvalue weighted by Gasteiger charge is -2.09. The summed E-state index contributed by atoms with van der Waals surface area (Å²) in [5.74, 6) is 0.487. The first-order chi connectivity index (χ1) is 8.38. The summed E-state index contributed by atoms with van der Waals surface area (Å²) < 4.78 is 31.8. The maximum Gasteiger partial charge on any atom is 0.234 e. The summed E-state index contributed by atoms with van der Waals surface area (Å²) in [6.07, 6.45) is 0. The Labute approximate surface area is 116 Å². The van der Waals surface area contributed by atoms with E-state index in [9.17, 15) is 8.42 Å². The normalized spacial score (nSPS) is 11.5. The molecule has 0 N–H and O–H groups in total. The summed E-state index contributed by atoms with van der Waals surface area (Å²) in [7, 11) is 1.54. The molecule has 1 rings (SSSR count). The Morgan fingerprint density at radius 1 is 1.22 bits per heavy atom. The van der Waals surface area contributed by atoms with Crippen LogP contribution in [0.4, 0.5) is 0 Å². The van der Waals surface area contributed by atoms with Crippen molar-refractivity contribution >= 4 is 31.3 Å². The molecule has 0 aliphatic heterocycles. The Balaban J connectivity index is 2.24. The van der Waals surface area contributed by atoms with Crippen LogP contribution in [-0.2, 0) is 13.8 Å². The van der Waals surface area contributed by atoms with Crippen LogP contribution in [0.25, 0.3) is 0 Å². The van der Waals surface area contributed by atoms with Gasteiger partial charge in [0.25, 0.3) is 0 Å². The van der Waals surface area contributed by atoms with E-state index in [1.54, 1.807) is 12.1 Å². The molecule has 0 aromatic heterocycles. The number of benzene rings is 1. The van der Waals surface area contributed by atoms with E-state index in [1.807, 2.05) is 13.0 Å². The molecule has 0 saturated carbocycles. The molecule has 0 unspecified atom stereocenters. The molecule has 0 aliphatic rings. The summed E-state index contributed by atoms with van der Waals surface area (Å²) in [6, 6.07) is 5.37. The van der Waals surface area contributed by atoms with Gasteiger partial charge in [-0.2, -0.15) is 0 Å². The standard InChI is InChI=1S/C11H14Cl2O4S/c1-9-2-3-10(12)8-11(9)17-5-4-16-6-7-18(13,14)15/h2-3,8H,4-7H2,1H3. The SMILES string of the molecule is Cc1ccc(Cl)cc1OCCOCCS(=O)(=O)Cl. The zero-order valence-electron chi connectivity index (χ0n) is 9.86. The van der Waals surface area contributed by atoms with Crippen LogP contribution in [0.5, 0.6) is 5.75 Å². The van der Waals surface area contributed by atoms with Crippen molar-refractivity contribution in [1.29, 1.82) is 0 Å². The lowest BCUT2D eigenvalue weighted by Crippen LogP contribution is -2.12. The monoisotopic (exact) mass is 312 g/mol. The van der Waals surface area contributed by atoms with Crippen molar-refractivity contribution in [3.8, 4) is 5.75 Å².